The van der Waals surface area contributed by atoms with Gasteiger partial charge in [0.05, 0.1) is 17.6 Å². The number of carbonyl (C=O) groups excluding carboxylic acids is 1. The lowest BCUT2D eigenvalue weighted by Gasteiger charge is -2.25. The van der Waals surface area contributed by atoms with Gasteiger partial charge in [0, 0.05) is 56.4 Å². The van der Waals surface area contributed by atoms with E-state index in [2.05, 4.69) is 20.3 Å². The van der Waals surface area contributed by atoms with Crippen LogP contribution in [0.15, 0.2) is 36.8 Å². The van der Waals surface area contributed by atoms with Crippen LogP contribution in [0, 0.1) is 11.8 Å². The molecule has 33 heavy (non-hydrogen) atoms. The molecule has 2 fully saturated rings. The van der Waals surface area contributed by atoms with Gasteiger partial charge < -0.3 is 15.0 Å². The predicted octanol–water partition coefficient (Wildman–Crippen LogP) is 4.18. The van der Waals surface area contributed by atoms with Crippen molar-refractivity contribution >= 4 is 22.9 Å². The maximum Gasteiger partial charge on any atom is 0.261 e. The van der Waals surface area contributed by atoms with Crippen LogP contribution in [0.25, 0.3) is 5.65 Å². The highest BCUT2D eigenvalue weighted by atomic mass is 19.3. The molecule has 1 saturated heterocycles. The SMILES string of the molecule is CC1(C)Cc2cc(NC(=O)c3cnn4cccnc34)c(N3CC4CC(F)(F)C[C@H]4C3)cc2O1. The van der Waals surface area contributed by atoms with E-state index in [1.54, 1.807) is 23.0 Å². The molecular weight excluding hydrogens is 428 g/mol. The maximum atomic E-state index is 13.9. The highest BCUT2D eigenvalue weighted by Crippen LogP contribution is 2.50. The zero-order valence-corrected chi connectivity index (χ0v) is 18.5. The molecule has 0 spiro atoms. The summed E-state index contributed by atoms with van der Waals surface area (Å²) in [6.45, 7) is 5.14. The van der Waals surface area contributed by atoms with Gasteiger partial charge in [-0.05, 0) is 37.8 Å². The standard InChI is InChI=1S/C24H25F2N5O2/c1-23(2)8-14-6-18(29-22(32)17-11-28-31-5-3-4-27-21(17)31)19(7-20(14)33-23)30-12-15-9-24(25,26)10-16(15)13-30/h3-7,11,15-16H,8-10,12-13H2,1-2H3,(H,29,32)/t15-,16?/m0/s1. The van der Waals surface area contributed by atoms with Crippen LogP contribution in [0.2, 0.25) is 0 Å². The number of carbonyl (C=O) groups is 1. The molecular formula is C24H25F2N5O2. The van der Waals surface area contributed by atoms with Crippen molar-refractivity contribution in [1.29, 1.82) is 0 Å². The Morgan fingerprint density at radius 1 is 1.21 bits per heavy atom. The molecule has 1 amide bonds. The molecule has 2 aromatic heterocycles. The number of aromatic nitrogens is 3. The van der Waals surface area contributed by atoms with Crippen LogP contribution in [0.5, 0.6) is 5.75 Å². The van der Waals surface area contributed by atoms with Gasteiger partial charge in [0.1, 0.15) is 16.9 Å². The van der Waals surface area contributed by atoms with Gasteiger partial charge >= 0.3 is 0 Å². The first-order valence-electron chi connectivity index (χ1n) is 11.3. The van der Waals surface area contributed by atoms with E-state index >= 15 is 0 Å². The van der Waals surface area contributed by atoms with Gasteiger partial charge in [0.15, 0.2) is 5.65 Å². The van der Waals surface area contributed by atoms with Crippen molar-refractivity contribution in [1.82, 2.24) is 14.6 Å². The number of ether oxygens (including phenoxy) is 1. The summed E-state index contributed by atoms with van der Waals surface area (Å²) >= 11 is 0. The second-order valence-corrected chi connectivity index (χ2v) is 10.1. The minimum absolute atomic E-state index is 0.0435. The second kappa shape index (κ2) is 6.88. The molecule has 0 radical (unpaired) electrons. The average Bonchev–Trinajstić information content (AvgIpc) is 3.45. The van der Waals surface area contributed by atoms with Crippen LogP contribution in [0.3, 0.4) is 0 Å². The Kier molecular flexibility index (Phi) is 4.25. The van der Waals surface area contributed by atoms with Crippen LogP contribution in [0.1, 0.15) is 42.6 Å². The Bertz CT molecular complexity index is 1250. The second-order valence-electron chi connectivity index (χ2n) is 10.1. The van der Waals surface area contributed by atoms with Crippen LogP contribution in [-0.4, -0.2) is 45.1 Å². The van der Waals surface area contributed by atoms with E-state index in [4.69, 9.17) is 4.74 Å². The first kappa shape index (κ1) is 20.4. The number of anilines is 2. The number of halogens is 2. The molecule has 1 N–H and O–H groups in total. The fourth-order valence-electron chi connectivity index (χ4n) is 5.63. The lowest BCUT2D eigenvalue weighted by atomic mass is 10.0. The van der Waals surface area contributed by atoms with E-state index in [9.17, 15) is 13.6 Å². The summed E-state index contributed by atoms with van der Waals surface area (Å²) in [6, 6.07) is 5.65. The van der Waals surface area contributed by atoms with E-state index < -0.39 is 5.92 Å². The largest absolute Gasteiger partial charge is 0.487 e. The van der Waals surface area contributed by atoms with E-state index in [0.29, 0.717) is 30.0 Å². The zero-order chi connectivity index (χ0) is 23.0. The van der Waals surface area contributed by atoms with Crippen molar-refractivity contribution in [3.8, 4) is 5.75 Å². The molecule has 3 aromatic rings. The number of rotatable bonds is 3. The first-order valence-corrected chi connectivity index (χ1v) is 11.3. The number of alkyl halides is 2. The lowest BCUT2D eigenvalue weighted by Crippen LogP contribution is -2.26. The molecule has 6 rings (SSSR count). The third-order valence-corrected chi connectivity index (χ3v) is 6.99. The molecule has 0 bridgehead atoms. The predicted molar refractivity (Wildman–Crippen MR) is 119 cm³/mol. The van der Waals surface area contributed by atoms with E-state index in [1.165, 1.54) is 6.20 Å². The molecule has 2 aliphatic heterocycles. The fourth-order valence-corrected chi connectivity index (χ4v) is 5.63. The molecule has 4 heterocycles. The van der Waals surface area contributed by atoms with Crippen molar-refractivity contribution < 1.29 is 18.3 Å². The molecule has 1 saturated carbocycles. The number of hydrogen-bond acceptors (Lipinski definition) is 5. The molecule has 172 valence electrons. The summed E-state index contributed by atoms with van der Waals surface area (Å²) in [7, 11) is 0. The Morgan fingerprint density at radius 3 is 2.73 bits per heavy atom. The fraction of sp³-hybridized carbons (Fsp3) is 0.458. The number of amides is 1. The minimum atomic E-state index is -2.57. The van der Waals surface area contributed by atoms with E-state index in [-0.39, 0.29) is 36.2 Å². The summed E-state index contributed by atoms with van der Waals surface area (Å²) in [6.07, 6.45) is 5.43. The minimum Gasteiger partial charge on any atom is -0.487 e. The maximum absolute atomic E-state index is 13.9. The molecule has 2 atom stereocenters. The van der Waals surface area contributed by atoms with Gasteiger partial charge in [-0.3, -0.25) is 4.79 Å². The third-order valence-electron chi connectivity index (χ3n) is 6.99. The Morgan fingerprint density at radius 2 is 1.97 bits per heavy atom. The van der Waals surface area contributed by atoms with Crippen molar-refractivity contribution in [2.24, 2.45) is 11.8 Å². The highest BCUT2D eigenvalue weighted by Gasteiger charge is 2.50. The van der Waals surface area contributed by atoms with Crippen LogP contribution in [-0.2, 0) is 6.42 Å². The number of nitrogens with zero attached hydrogens (tertiary/aromatic N) is 4. The Hall–Kier alpha value is -3.23. The topological polar surface area (TPSA) is 71.8 Å². The van der Waals surface area contributed by atoms with Crippen LogP contribution < -0.4 is 15.0 Å². The number of hydrogen-bond donors (Lipinski definition) is 1. The summed E-state index contributed by atoms with van der Waals surface area (Å²) in [5.74, 6) is -2.18. The van der Waals surface area contributed by atoms with E-state index in [0.717, 1.165) is 23.4 Å². The third kappa shape index (κ3) is 3.50. The molecule has 1 aliphatic carbocycles. The van der Waals surface area contributed by atoms with Crippen LogP contribution in [0.4, 0.5) is 20.2 Å². The van der Waals surface area contributed by atoms with Gasteiger partial charge in [0.2, 0.25) is 5.92 Å². The van der Waals surface area contributed by atoms with Crippen molar-refractivity contribution in [2.75, 3.05) is 23.3 Å². The van der Waals surface area contributed by atoms with Crippen molar-refractivity contribution in [3.63, 3.8) is 0 Å². The van der Waals surface area contributed by atoms with Gasteiger partial charge in [-0.1, -0.05) is 0 Å². The molecule has 7 nitrogen and oxygen atoms in total. The monoisotopic (exact) mass is 453 g/mol. The van der Waals surface area contributed by atoms with Gasteiger partial charge in [-0.25, -0.2) is 18.3 Å². The summed E-state index contributed by atoms with van der Waals surface area (Å²) in [4.78, 5) is 19.6. The Labute approximate surface area is 189 Å². The van der Waals surface area contributed by atoms with Crippen molar-refractivity contribution in [2.45, 2.75) is 44.6 Å². The number of nitrogens with one attached hydrogen (secondary N) is 1. The quantitative estimate of drug-likeness (QED) is 0.644. The smallest absolute Gasteiger partial charge is 0.261 e. The molecule has 3 aliphatic rings. The summed E-state index contributed by atoms with van der Waals surface area (Å²) in [5.41, 5.74) is 2.99. The van der Waals surface area contributed by atoms with Crippen LogP contribution >= 0.6 is 0 Å². The zero-order valence-electron chi connectivity index (χ0n) is 18.5. The van der Waals surface area contributed by atoms with Crippen molar-refractivity contribution in [3.05, 3.63) is 47.9 Å². The van der Waals surface area contributed by atoms with Gasteiger partial charge in [0.25, 0.3) is 5.91 Å². The van der Waals surface area contributed by atoms with Gasteiger partial charge in [-0.15, -0.1) is 0 Å². The molecule has 1 unspecified atom stereocenters. The summed E-state index contributed by atoms with van der Waals surface area (Å²) in [5, 5.41) is 7.25. The highest BCUT2D eigenvalue weighted by molar-refractivity contribution is 6.09. The molecule has 9 heteroatoms. The number of fused-ring (bicyclic) bond motifs is 3. The Balaban J connectivity index is 1.34. The first-order chi connectivity index (χ1) is 15.7. The van der Waals surface area contributed by atoms with Gasteiger partial charge in [-0.2, -0.15) is 5.10 Å². The molecule has 1 aromatic carbocycles. The number of benzene rings is 1. The lowest BCUT2D eigenvalue weighted by molar-refractivity contribution is 0.00173. The summed E-state index contributed by atoms with van der Waals surface area (Å²) < 4.78 is 35.5. The normalized spacial score (nSPS) is 24.5. The van der Waals surface area contributed by atoms with E-state index in [1.807, 2.05) is 26.0 Å². The average molecular weight is 453 g/mol.